The van der Waals surface area contributed by atoms with Crippen molar-refractivity contribution in [1.82, 2.24) is 9.97 Å². The van der Waals surface area contributed by atoms with Crippen LogP contribution in [-0.2, 0) is 0 Å². The molecule has 0 unspecified atom stereocenters. The van der Waals surface area contributed by atoms with Gasteiger partial charge >= 0.3 is 0 Å². The molecule has 0 bridgehead atoms. The predicted octanol–water partition coefficient (Wildman–Crippen LogP) is 4.05. The zero-order valence-electron chi connectivity index (χ0n) is 11.0. The number of imidazole rings is 1. The average Bonchev–Trinajstić information content (AvgIpc) is 2.77. The Kier molecular flexibility index (Phi) is 7.94. The molecule has 90 valence electrons. The van der Waals surface area contributed by atoms with Gasteiger partial charge in [-0.3, -0.25) is 0 Å². The van der Waals surface area contributed by atoms with Gasteiger partial charge in [0.15, 0.2) is 0 Å². The molecule has 1 aromatic heterocycles. The van der Waals surface area contributed by atoms with Crippen LogP contribution in [0.1, 0.15) is 34.6 Å². The number of nitrogens with one attached hydrogen (secondary N) is 2. The molecular formula is C13H23N3. The van der Waals surface area contributed by atoms with Crippen LogP contribution in [0.5, 0.6) is 0 Å². The zero-order valence-corrected chi connectivity index (χ0v) is 11.0. The van der Waals surface area contributed by atoms with Crippen LogP contribution < -0.4 is 5.32 Å². The number of hydrogen-bond donors (Lipinski definition) is 2. The Morgan fingerprint density at radius 3 is 2.31 bits per heavy atom. The average molecular weight is 221 g/mol. The van der Waals surface area contributed by atoms with Crippen LogP contribution in [0.25, 0.3) is 11.0 Å². The number of fused-ring (bicyclic) bond motifs is 1. The number of rotatable bonds is 2. The molecule has 0 amide bonds. The largest absolute Gasteiger partial charge is 0.356 e. The molecule has 0 radical (unpaired) electrons. The maximum absolute atomic E-state index is 4.34. The van der Waals surface area contributed by atoms with Crippen molar-refractivity contribution in [1.29, 1.82) is 0 Å². The van der Waals surface area contributed by atoms with Gasteiger partial charge in [0.1, 0.15) is 0 Å². The summed E-state index contributed by atoms with van der Waals surface area (Å²) in [7, 11) is 0. The van der Waals surface area contributed by atoms with Gasteiger partial charge in [-0.15, -0.1) is 0 Å². The molecule has 0 fully saturated rings. The van der Waals surface area contributed by atoms with Crippen LogP contribution in [0.15, 0.2) is 24.3 Å². The fourth-order valence-corrected chi connectivity index (χ4v) is 1.20. The second kappa shape index (κ2) is 8.77. The first-order chi connectivity index (χ1) is 7.90. The van der Waals surface area contributed by atoms with E-state index < -0.39 is 0 Å². The lowest BCUT2D eigenvalue weighted by Gasteiger charge is -1.93. The first kappa shape index (κ1) is 14.5. The van der Waals surface area contributed by atoms with E-state index in [4.69, 9.17) is 0 Å². The van der Waals surface area contributed by atoms with Crippen molar-refractivity contribution in [3.63, 3.8) is 0 Å². The maximum Gasteiger partial charge on any atom is 0.201 e. The first-order valence-corrected chi connectivity index (χ1v) is 6.09. The molecule has 0 saturated carbocycles. The fraction of sp³-hybridized carbons (Fsp3) is 0.462. The van der Waals surface area contributed by atoms with Gasteiger partial charge in [-0.25, -0.2) is 4.98 Å². The number of aromatic amines is 1. The topological polar surface area (TPSA) is 40.7 Å². The molecule has 2 rings (SSSR count). The summed E-state index contributed by atoms with van der Waals surface area (Å²) >= 11 is 0. The molecule has 2 N–H and O–H groups in total. The van der Waals surface area contributed by atoms with Gasteiger partial charge in [0.25, 0.3) is 0 Å². The standard InChI is InChI=1S/C9H11N3.2C2H6/c1-2-10-9-11-7-5-3-4-6-8(7)12-9;2*1-2/h3-6H,2H2,1H3,(H2,10,11,12);2*1-2H3. The van der Waals surface area contributed by atoms with Crippen LogP contribution in [0.4, 0.5) is 5.95 Å². The van der Waals surface area contributed by atoms with Crippen LogP contribution in [0.3, 0.4) is 0 Å². The summed E-state index contributed by atoms with van der Waals surface area (Å²) in [4.78, 5) is 7.51. The Labute approximate surface area is 98.3 Å². The number of benzene rings is 1. The minimum Gasteiger partial charge on any atom is -0.356 e. The monoisotopic (exact) mass is 221 g/mol. The molecule has 0 saturated heterocycles. The van der Waals surface area contributed by atoms with E-state index in [0.29, 0.717) is 0 Å². The molecule has 1 aromatic carbocycles. The van der Waals surface area contributed by atoms with E-state index in [9.17, 15) is 0 Å². The number of nitrogens with zero attached hydrogens (tertiary/aromatic N) is 1. The molecule has 3 nitrogen and oxygen atoms in total. The Morgan fingerprint density at radius 2 is 1.75 bits per heavy atom. The maximum atomic E-state index is 4.34. The van der Waals surface area contributed by atoms with Gasteiger partial charge in [-0.1, -0.05) is 39.8 Å². The van der Waals surface area contributed by atoms with E-state index in [0.717, 1.165) is 23.5 Å². The third-order valence-electron chi connectivity index (χ3n) is 1.73. The van der Waals surface area contributed by atoms with Gasteiger partial charge in [0, 0.05) is 6.54 Å². The summed E-state index contributed by atoms with van der Waals surface area (Å²) in [5.74, 6) is 0.846. The second-order valence-corrected chi connectivity index (χ2v) is 2.63. The van der Waals surface area contributed by atoms with Crippen LogP contribution >= 0.6 is 0 Å². The minimum atomic E-state index is 0.846. The molecule has 3 heteroatoms. The molecule has 0 atom stereocenters. The van der Waals surface area contributed by atoms with Crippen molar-refractivity contribution >= 4 is 17.0 Å². The zero-order chi connectivity index (χ0) is 12.4. The Bertz CT molecular complexity index is 346. The van der Waals surface area contributed by atoms with Gasteiger partial charge in [-0.05, 0) is 19.1 Å². The molecule has 2 aromatic rings. The molecule has 0 aliphatic rings. The van der Waals surface area contributed by atoms with E-state index in [1.807, 2.05) is 58.9 Å². The van der Waals surface area contributed by atoms with Crippen molar-refractivity contribution in [2.24, 2.45) is 0 Å². The number of H-pyrrole nitrogens is 1. The predicted molar refractivity (Wildman–Crippen MR) is 73.0 cm³/mol. The van der Waals surface area contributed by atoms with Gasteiger partial charge in [-0.2, -0.15) is 0 Å². The highest BCUT2D eigenvalue weighted by Gasteiger charge is 1.98. The normalized spacial score (nSPS) is 8.56. The molecule has 0 aliphatic heterocycles. The SMILES string of the molecule is CC.CC.CCNc1nc2ccccc2[nH]1. The van der Waals surface area contributed by atoms with Crippen LogP contribution in [0.2, 0.25) is 0 Å². The number of aromatic nitrogens is 2. The van der Waals surface area contributed by atoms with Crippen molar-refractivity contribution < 1.29 is 0 Å². The third kappa shape index (κ3) is 3.93. The first-order valence-electron chi connectivity index (χ1n) is 6.09. The number of para-hydroxylation sites is 2. The highest BCUT2D eigenvalue weighted by atomic mass is 15.1. The molecule has 16 heavy (non-hydrogen) atoms. The summed E-state index contributed by atoms with van der Waals surface area (Å²) in [5.41, 5.74) is 2.09. The van der Waals surface area contributed by atoms with Gasteiger partial charge in [0.05, 0.1) is 11.0 Å². The van der Waals surface area contributed by atoms with E-state index in [1.54, 1.807) is 0 Å². The Hall–Kier alpha value is -1.51. The fourth-order valence-electron chi connectivity index (χ4n) is 1.20. The van der Waals surface area contributed by atoms with Crippen LogP contribution in [0, 0.1) is 0 Å². The quantitative estimate of drug-likeness (QED) is 0.803. The molecule has 0 spiro atoms. The molecule has 0 aliphatic carbocycles. The summed E-state index contributed by atoms with van der Waals surface area (Å²) in [6.45, 7) is 10.9. The lowest BCUT2D eigenvalue weighted by molar-refractivity contribution is 1.14. The van der Waals surface area contributed by atoms with E-state index in [1.165, 1.54) is 0 Å². The molecular weight excluding hydrogens is 198 g/mol. The summed E-state index contributed by atoms with van der Waals surface area (Å²) < 4.78 is 0. The smallest absolute Gasteiger partial charge is 0.201 e. The molecule has 1 heterocycles. The lowest BCUT2D eigenvalue weighted by atomic mass is 10.3. The van der Waals surface area contributed by atoms with Crippen LogP contribution in [-0.4, -0.2) is 16.5 Å². The lowest BCUT2D eigenvalue weighted by Crippen LogP contribution is -1.97. The van der Waals surface area contributed by atoms with Gasteiger partial charge < -0.3 is 10.3 Å². The summed E-state index contributed by atoms with van der Waals surface area (Å²) in [5, 5.41) is 3.13. The van der Waals surface area contributed by atoms with E-state index >= 15 is 0 Å². The highest BCUT2D eigenvalue weighted by Crippen LogP contribution is 2.12. The van der Waals surface area contributed by atoms with E-state index in [-0.39, 0.29) is 0 Å². The van der Waals surface area contributed by atoms with Crippen molar-refractivity contribution in [2.45, 2.75) is 34.6 Å². The Morgan fingerprint density at radius 1 is 1.12 bits per heavy atom. The van der Waals surface area contributed by atoms with Crippen molar-refractivity contribution in [2.75, 3.05) is 11.9 Å². The number of anilines is 1. The highest BCUT2D eigenvalue weighted by molar-refractivity contribution is 5.77. The van der Waals surface area contributed by atoms with Crippen molar-refractivity contribution in [3.8, 4) is 0 Å². The third-order valence-corrected chi connectivity index (χ3v) is 1.73. The summed E-state index contributed by atoms with van der Waals surface area (Å²) in [6, 6.07) is 7.99. The number of hydrogen-bond acceptors (Lipinski definition) is 2. The van der Waals surface area contributed by atoms with Crippen molar-refractivity contribution in [3.05, 3.63) is 24.3 Å². The second-order valence-electron chi connectivity index (χ2n) is 2.63. The van der Waals surface area contributed by atoms with Gasteiger partial charge in [0.2, 0.25) is 5.95 Å². The van der Waals surface area contributed by atoms with E-state index in [2.05, 4.69) is 15.3 Å². The minimum absolute atomic E-state index is 0.846. The Balaban J connectivity index is 0.000000509. The summed E-state index contributed by atoms with van der Waals surface area (Å²) in [6.07, 6.45) is 0.